The Bertz CT molecular complexity index is 1120. The van der Waals surface area contributed by atoms with Crippen LogP contribution in [0.3, 0.4) is 0 Å². The summed E-state index contributed by atoms with van der Waals surface area (Å²) in [5, 5.41) is 2.28. The Morgan fingerprint density at radius 1 is 0.839 bits per heavy atom. The van der Waals surface area contributed by atoms with Crippen molar-refractivity contribution >= 4 is 46.6 Å². The van der Waals surface area contributed by atoms with Gasteiger partial charge in [0.2, 0.25) is 5.91 Å². The molecule has 0 aliphatic carbocycles. The molecule has 2 fully saturated rings. The molecule has 156 valence electrons. The van der Waals surface area contributed by atoms with Crippen LogP contribution in [-0.2, 0) is 14.4 Å². The highest BCUT2D eigenvalue weighted by molar-refractivity contribution is 7.98. The molecule has 0 spiro atoms. The molecule has 2 saturated heterocycles. The van der Waals surface area contributed by atoms with Crippen molar-refractivity contribution in [2.75, 3.05) is 16.2 Å². The molecule has 5 rings (SSSR count). The van der Waals surface area contributed by atoms with Gasteiger partial charge in [-0.2, -0.15) is 0 Å². The van der Waals surface area contributed by atoms with Crippen LogP contribution in [-0.4, -0.2) is 24.2 Å². The maximum atomic E-state index is 13.5. The van der Waals surface area contributed by atoms with Gasteiger partial charge in [-0.25, -0.2) is 9.96 Å². The van der Waals surface area contributed by atoms with Gasteiger partial charge in [0.15, 0.2) is 6.10 Å². The number of hydroxylamine groups is 1. The van der Waals surface area contributed by atoms with Crippen molar-refractivity contribution in [1.82, 2.24) is 0 Å². The summed E-state index contributed by atoms with van der Waals surface area (Å²) in [6, 6.07) is 23.8. The Morgan fingerprint density at radius 3 is 2.16 bits per heavy atom. The molecule has 0 aromatic heterocycles. The van der Waals surface area contributed by atoms with Crippen molar-refractivity contribution in [3.63, 3.8) is 0 Å². The zero-order valence-electron chi connectivity index (χ0n) is 16.6. The average Bonchev–Trinajstić information content (AvgIpc) is 3.31. The number of halogens is 1. The van der Waals surface area contributed by atoms with Gasteiger partial charge >= 0.3 is 0 Å². The van der Waals surface area contributed by atoms with Gasteiger partial charge < -0.3 is 0 Å². The minimum Gasteiger partial charge on any atom is -0.273 e. The summed E-state index contributed by atoms with van der Waals surface area (Å²) >= 11 is 7.71. The van der Waals surface area contributed by atoms with Crippen LogP contribution in [0.4, 0.5) is 11.4 Å². The molecule has 0 bridgehead atoms. The second-order valence-electron chi connectivity index (χ2n) is 7.42. The maximum absolute atomic E-state index is 13.5. The van der Waals surface area contributed by atoms with Crippen molar-refractivity contribution < 1.29 is 14.4 Å². The molecular formula is C24H19ClN2O3S. The highest BCUT2D eigenvalue weighted by Crippen LogP contribution is 2.47. The minimum absolute atomic E-state index is 0.253. The van der Waals surface area contributed by atoms with Crippen molar-refractivity contribution in [1.29, 1.82) is 0 Å². The zero-order valence-corrected chi connectivity index (χ0v) is 18.2. The topological polar surface area (TPSA) is 49.9 Å². The number of imide groups is 1. The van der Waals surface area contributed by atoms with E-state index in [9.17, 15) is 9.59 Å². The fourth-order valence-electron chi connectivity index (χ4n) is 4.20. The van der Waals surface area contributed by atoms with Crippen LogP contribution in [0.2, 0.25) is 5.02 Å². The lowest BCUT2D eigenvalue weighted by Gasteiger charge is -2.29. The minimum atomic E-state index is -0.881. The van der Waals surface area contributed by atoms with E-state index in [1.807, 2.05) is 60.9 Å². The maximum Gasteiger partial charge on any atom is 0.266 e. The average molecular weight is 451 g/mol. The molecule has 0 N–H and O–H groups in total. The van der Waals surface area contributed by atoms with Crippen LogP contribution in [0, 0.1) is 5.92 Å². The van der Waals surface area contributed by atoms with E-state index in [2.05, 4.69) is 0 Å². The van der Waals surface area contributed by atoms with Gasteiger partial charge in [-0.05, 0) is 60.4 Å². The molecule has 0 unspecified atom stereocenters. The summed E-state index contributed by atoms with van der Waals surface area (Å²) in [4.78, 5) is 35.3. The Labute approximate surface area is 189 Å². The van der Waals surface area contributed by atoms with Crippen LogP contribution in [0.15, 0.2) is 83.8 Å². The standard InChI is InChI=1S/C24H19ClN2O3S/c1-31-19-13-7-15(8-14-19)21-20-22(30-27(21)18-11-9-16(25)10-12-18)24(29)26(23(20)28)17-5-3-2-4-6-17/h2-14,20-22H,1H3/t20-,21+,22+/m0/s1. The van der Waals surface area contributed by atoms with E-state index in [4.69, 9.17) is 16.4 Å². The number of rotatable bonds is 4. The van der Waals surface area contributed by atoms with Crippen LogP contribution in [0.25, 0.3) is 0 Å². The molecule has 0 radical (unpaired) electrons. The summed E-state index contributed by atoms with van der Waals surface area (Å²) in [5.41, 5.74) is 2.21. The van der Waals surface area contributed by atoms with E-state index in [1.54, 1.807) is 41.1 Å². The first kappa shape index (κ1) is 20.1. The number of anilines is 2. The quantitative estimate of drug-likeness (QED) is 0.408. The third kappa shape index (κ3) is 3.41. The van der Waals surface area contributed by atoms with E-state index in [1.165, 1.54) is 4.90 Å². The van der Waals surface area contributed by atoms with Gasteiger partial charge in [-0.3, -0.25) is 14.4 Å². The number of carbonyl (C=O) groups excluding carboxylic acids is 2. The van der Waals surface area contributed by atoms with Gasteiger partial charge in [0.25, 0.3) is 5.91 Å². The normalized spacial score (nSPS) is 22.8. The van der Waals surface area contributed by atoms with Crippen molar-refractivity contribution in [3.8, 4) is 0 Å². The lowest BCUT2D eigenvalue weighted by molar-refractivity contribution is -0.126. The summed E-state index contributed by atoms with van der Waals surface area (Å²) in [6.07, 6.45) is 1.13. The largest absolute Gasteiger partial charge is 0.273 e. The van der Waals surface area contributed by atoms with Gasteiger partial charge in [0.05, 0.1) is 17.4 Å². The van der Waals surface area contributed by atoms with Crippen molar-refractivity contribution in [2.45, 2.75) is 17.0 Å². The smallest absolute Gasteiger partial charge is 0.266 e. The lowest BCUT2D eigenvalue weighted by Crippen LogP contribution is -2.37. The first-order valence-corrected chi connectivity index (χ1v) is 11.5. The Hall–Kier alpha value is -2.80. The molecule has 2 aliphatic heterocycles. The number of thioether (sulfide) groups is 1. The van der Waals surface area contributed by atoms with Gasteiger partial charge in [-0.1, -0.05) is 41.9 Å². The van der Waals surface area contributed by atoms with E-state index in [-0.39, 0.29) is 11.8 Å². The second-order valence-corrected chi connectivity index (χ2v) is 8.74. The number of hydrogen-bond donors (Lipinski definition) is 0. The van der Waals surface area contributed by atoms with E-state index in [0.717, 1.165) is 16.1 Å². The molecule has 2 heterocycles. The van der Waals surface area contributed by atoms with Crippen molar-refractivity contribution in [2.24, 2.45) is 5.92 Å². The molecular weight excluding hydrogens is 432 g/mol. The highest BCUT2D eigenvalue weighted by atomic mass is 35.5. The fourth-order valence-corrected chi connectivity index (χ4v) is 4.73. The van der Waals surface area contributed by atoms with Crippen LogP contribution in [0.1, 0.15) is 11.6 Å². The number of fused-ring (bicyclic) bond motifs is 1. The molecule has 3 atom stereocenters. The Morgan fingerprint density at radius 2 is 1.52 bits per heavy atom. The number of benzene rings is 3. The summed E-state index contributed by atoms with van der Waals surface area (Å²) in [6.45, 7) is 0. The number of nitrogens with zero attached hydrogens (tertiary/aromatic N) is 2. The summed E-state index contributed by atoms with van der Waals surface area (Å²) in [7, 11) is 0. The molecule has 3 aromatic carbocycles. The zero-order chi connectivity index (χ0) is 21.5. The Balaban J connectivity index is 1.58. The molecule has 31 heavy (non-hydrogen) atoms. The fraction of sp³-hybridized carbons (Fsp3) is 0.167. The molecule has 2 aliphatic rings. The van der Waals surface area contributed by atoms with Crippen LogP contribution in [0.5, 0.6) is 0 Å². The first-order chi connectivity index (χ1) is 15.1. The molecule has 5 nitrogen and oxygen atoms in total. The molecule has 0 saturated carbocycles. The number of para-hydroxylation sites is 1. The van der Waals surface area contributed by atoms with Crippen LogP contribution >= 0.6 is 23.4 Å². The highest BCUT2D eigenvalue weighted by Gasteiger charge is 2.60. The molecule has 2 amide bonds. The third-order valence-electron chi connectivity index (χ3n) is 5.67. The summed E-state index contributed by atoms with van der Waals surface area (Å²) < 4.78 is 0. The summed E-state index contributed by atoms with van der Waals surface area (Å²) in [5.74, 6) is -1.25. The first-order valence-electron chi connectivity index (χ1n) is 9.87. The second kappa shape index (κ2) is 8.04. The molecule has 7 heteroatoms. The lowest BCUT2D eigenvalue weighted by atomic mass is 9.90. The monoisotopic (exact) mass is 450 g/mol. The van der Waals surface area contributed by atoms with Crippen LogP contribution < -0.4 is 9.96 Å². The predicted octanol–water partition coefficient (Wildman–Crippen LogP) is 5.11. The number of carbonyl (C=O) groups is 2. The number of hydrogen-bond acceptors (Lipinski definition) is 5. The van der Waals surface area contributed by atoms with Gasteiger partial charge in [0.1, 0.15) is 5.92 Å². The predicted molar refractivity (Wildman–Crippen MR) is 122 cm³/mol. The van der Waals surface area contributed by atoms with Gasteiger partial charge in [-0.15, -0.1) is 11.8 Å². The van der Waals surface area contributed by atoms with Gasteiger partial charge in [0, 0.05) is 9.92 Å². The van der Waals surface area contributed by atoms with E-state index < -0.39 is 18.1 Å². The van der Waals surface area contributed by atoms with E-state index in [0.29, 0.717) is 10.7 Å². The SMILES string of the molecule is CSc1ccc([C@@H]2[C@@H]3C(=O)N(c4ccccc4)C(=O)[C@@H]3ON2c2ccc(Cl)cc2)cc1. The number of amides is 2. The molecule has 3 aromatic rings. The third-order valence-corrected chi connectivity index (χ3v) is 6.66. The van der Waals surface area contributed by atoms with Crippen molar-refractivity contribution in [3.05, 3.63) is 89.4 Å². The van der Waals surface area contributed by atoms with E-state index >= 15 is 0 Å². The Kier molecular flexibility index (Phi) is 5.22.